The lowest BCUT2D eigenvalue weighted by molar-refractivity contribution is 0.660. The molecular formula is C60H45NS. The fourth-order valence-corrected chi connectivity index (χ4v) is 12.0. The number of nitrogens with zero attached hydrogens (tertiary/aromatic N) is 1. The van der Waals surface area contributed by atoms with E-state index >= 15 is 0 Å². The van der Waals surface area contributed by atoms with Crippen LogP contribution in [0.2, 0.25) is 0 Å². The van der Waals surface area contributed by atoms with E-state index in [1.807, 2.05) is 11.3 Å². The molecule has 0 N–H and O–H groups in total. The smallest absolute Gasteiger partial charge is 0.0554 e. The first-order chi connectivity index (χ1) is 30.3. The minimum Gasteiger partial charge on any atom is -0.310 e. The van der Waals surface area contributed by atoms with E-state index in [-0.39, 0.29) is 10.8 Å². The van der Waals surface area contributed by atoms with Gasteiger partial charge in [0.05, 0.1) is 5.69 Å². The summed E-state index contributed by atoms with van der Waals surface area (Å²) in [4.78, 5) is 2.45. The summed E-state index contributed by atoms with van der Waals surface area (Å²) in [5, 5.41) is 2.58. The maximum atomic E-state index is 2.45. The molecule has 0 bridgehead atoms. The molecule has 9 aromatic carbocycles. The van der Waals surface area contributed by atoms with Crippen molar-refractivity contribution in [3.05, 3.63) is 222 Å². The zero-order valence-electron chi connectivity index (χ0n) is 35.4. The van der Waals surface area contributed by atoms with E-state index in [2.05, 4.69) is 233 Å². The number of fused-ring (bicyclic) bond motifs is 9. The van der Waals surface area contributed by atoms with Gasteiger partial charge in [0.1, 0.15) is 0 Å². The number of benzene rings is 9. The van der Waals surface area contributed by atoms with Gasteiger partial charge in [0.15, 0.2) is 0 Å². The van der Waals surface area contributed by atoms with Gasteiger partial charge in [-0.3, -0.25) is 0 Å². The Bertz CT molecular complexity index is 3400. The van der Waals surface area contributed by atoms with E-state index in [1.54, 1.807) is 0 Å². The molecular weight excluding hydrogens is 767 g/mol. The second-order valence-corrected chi connectivity index (χ2v) is 19.1. The Labute approximate surface area is 368 Å². The quantitative estimate of drug-likeness (QED) is 0.162. The average molecular weight is 812 g/mol. The van der Waals surface area contributed by atoms with Crippen LogP contribution in [0.25, 0.3) is 75.8 Å². The van der Waals surface area contributed by atoms with Gasteiger partial charge in [-0.1, -0.05) is 179 Å². The first-order valence-electron chi connectivity index (χ1n) is 21.8. The molecule has 2 heteroatoms. The van der Waals surface area contributed by atoms with Crippen molar-refractivity contribution in [3.63, 3.8) is 0 Å². The maximum Gasteiger partial charge on any atom is 0.0554 e. The van der Waals surface area contributed by atoms with Crippen LogP contribution in [0.5, 0.6) is 0 Å². The van der Waals surface area contributed by atoms with E-state index in [4.69, 9.17) is 0 Å². The van der Waals surface area contributed by atoms with Crippen LogP contribution < -0.4 is 4.90 Å². The number of thiophene rings is 1. The van der Waals surface area contributed by atoms with Gasteiger partial charge in [-0.05, 0) is 126 Å². The SMILES string of the molecule is CC1(C)c2ccccc2-c2ccc(-c3ccc(N(c4ccc(-c5ccccc5-c5cccc6c5C(C)(C)c5ccccc5-6)cc4)c4cccc5sc6ccccc6c45)cc3)cc21. The number of hydrogen-bond acceptors (Lipinski definition) is 2. The van der Waals surface area contributed by atoms with Gasteiger partial charge in [0.25, 0.3) is 0 Å². The Hall–Kier alpha value is -7.00. The molecule has 1 aromatic heterocycles. The molecule has 296 valence electrons. The standard InChI is InChI=1S/C60H45NS/c1-59(2)51-22-10-7-17-45(51)47-36-31-40(37-53(47)59)38-27-32-41(33-28-38)61(54-24-14-26-56-57(54)50-19-9-12-25-55(50)62-56)42-34-29-39(30-35-42)43-15-5-6-16-44(43)48-20-13-21-49-46-18-8-11-23-52(46)60(3,4)58(48)49/h5-37H,1-4H3. The number of rotatable bonds is 6. The Morgan fingerprint density at radius 3 is 1.58 bits per heavy atom. The molecule has 0 fully saturated rings. The van der Waals surface area contributed by atoms with Crippen molar-refractivity contribution >= 4 is 48.6 Å². The molecule has 0 amide bonds. The molecule has 0 spiro atoms. The van der Waals surface area contributed by atoms with Gasteiger partial charge in [-0.2, -0.15) is 0 Å². The normalized spacial score (nSPS) is 14.1. The highest BCUT2D eigenvalue weighted by Crippen LogP contribution is 2.54. The second kappa shape index (κ2) is 13.8. The first kappa shape index (κ1) is 36.8. The Morgan fingerprint density at radius 1 is 0.355 bits per heavy atom. The summed E-state index contributed by atoms with van der Waals surface area (Å²) in [5.41, 5.74) is 21.7. The molecule has 2 aliphatic carbocycles. The highest BCUT2D eigenvalue weighted by molar-refractivity contribution is 7.26. The van der Waals surface area contributed by atoms with E-state index in [1.165, 1.54) is 104 Å². The van der Waals surface area contributed by atoms with Crippen molar-refractivity contribution in [2.24, 2.45) is 0 Å². The van der Waals surface area contributed by atoms with Crippen molar-refractivity contribution in [2.45, 2.75) is 38.5 Å². The summed E-state index contributed by atoms with van der Waals surface area (Å²) in [5.74, 6) is 0. The van der Waals surface area contributed by atoms with Crippen LogP contribution in [-0.2, 0) is 10.8 Å². The predicted octanol–water partition coefficient (Wildman–Crippen LogP) is 17.1. The van der Waals surface area contributed by atoms with Gasteiger partial charge in [0, 0.05) is 42.4 Å². The molecule has 62 heavy (non-hydrogen) atoms. The topological polar surface area (TPSA) is 3.24 Å². The second-order valence-electron chi connectivity index (χ2n) is 18.1. The summed E-state index contributed by atoms with van der Waals surface area (Å²) in [6.45, 7) is 9.47. The van der Waals surface area contributed by atoms with Crippen LogP contribution in [0.3, 0.4) is 0 Å². The third kappa shape index (κ3) is 5.46. The molecule has 0 saturated heterocycles. The van der Waals surface area contributed by atoms with Crippen molar-refractivity contribution in [1.29, 1.82) is 0 Å². The highest BCUT2D eigenvalue weighted by Gasteiger charge is 2.38. The van der Waals surface area contributed by atoms with Crippen LogP contribution in [0.15, 0.2) is 200 Å². The van der Waals surface area contributed by atoms with Gasteiger partial charge in [-0.15, -0.1) is 11.3 Å². The molecule has 10 aromatic rings. The Morgan fingerprint density at radius 2 is 0.855 bits per heavy atom. The molecule has 0 radical (unpaired) electrons. The minimum absolute atomic E-state index is 0.0447. The molecule has 1 nitrogen and oxygen atoms in total. The summed E-state index contributed by atoms with van der Waals surface area (Å²) >= 11 is 1.87. The highest BCUT2D eigenvalue weighted by atomic mass is 32.1. The molecule has 0 aliphatic heterocycles. The van der Waals surface area contributed by atoms with Gasteiger partial charge in [-0.25, -0.2) is 0 Å². The summed E-state index contributed by atoms with van der Waals surface area (Å²) < 4.78 is 2.59. The lowest BCUT2D eigenvalue weighted by atomic mass is 9.78. The fraction of sp³-hybridized carbons (Fsp3) is 0.100. The van der Waals surface area contributed by atoms with E-state index < -0.39 is 0 Å². The summed E-state index contributed by atoms with van der Waals surface area (Å²) in [6, 6.07) is 74.6. The van der Waals surface area contributed by atoms with Crippen LogP contribution >= 0.6 is 11.3 Å². The minimum atomic E-state index is -0.106. The molecule has 0 saturated carbocycles. The van der Waals surface area contributed by atoms with Crippen LogP contribution in [0.4, 0.5) is 17.1 Å². The Kier molecular flexibility index (Phi) is 8.17. The number of anilines is 3. The summed E-state index contributed by atoms with van der Waals surface area (Å²) in [6.07, 6.45) is 0. The summed E-state index contributed by atoms with van der Waals surface area (Å²) in [7, 11) is 0. The Balaban J connectivity index is 0.963. The molecule has 2 aliphatic rings. The zero-order chi connectivity index (χ0) is 41.7. The maximum absolute atomic E-state index is 2.45. The van der Waals surface area contributed by atoms with Gasteiger partial charge < -0.3 is 4.90 Å². The zero-order valence-corrected chi connectivity index (χ0v) is 36.2. The van der Waals surface area contributed by atoms with Crippen molar-refractivity contribution in [3.8, 4) is 55.6 Å². The molecule has 12 rings (SSSR count). The number of hydrogen-bond donors (Lipinski definition) is 0. The van der Waals surface area contributed by atoms with Crippen molar-refractivity contribution in [2.75, 3.05) is 4.90 Å². The van der Waals surface area contributed by atoms with Crippen molar-refractivity contribution in [1.82, 2.24) is 0 Å². The van der Waals surface area contributed by atoms with Gasteiger partial charge in [0.2, 0.25) is 0 Å². The first-order valence-corrected chi connectivity index (χ1v) is 22.6. The fourth-order valence-electron chi connectivity index (χ4n) is 10.9. The third-order valence-corrected chi connectivity index (χ3v) is 15.0. The van der Waals surface area contributed by atoms with E-state index in [0.717, 1.165) is 11.4 Å². The van der Waals surface area contributed by atoms with Crippen molar-refractivity contribution < 1.29 is 0 Å². The monoisotopic (exact) mass is 811 g/mol. The molecule has 1 heterocycles. The van der Waals surface area contributed by atoms with Crippen LogP contribution in [-0.4, -0.2) is 0 Å². The third-order valence-electron chi connectivity index (χ3n) is 13.9. The van der Waals surface area contributed by atoms with Crippen LogP contribution in [0, 0.1) is 0 Å². The molecule has 0 atom stereocenters. The van der Waals surface area contributed by atoms with E-state index in [9.17, 15) is 0 Å². The lowest BCUT2D eigenvalue weighted by Crippen LogP contribution is -2.16. The van der Waals surface area contributed by atoms with E-state index in [0.29, 0.717) is 0 Å². The lowest BCUT2D eigenvalue weighted by Gasteiger charge is -2.27. The van der Waals surface area contributed by atoms with Crippen LogP contribution in [0.1, 0.15) is 49.9 Å². The molecule has 0 unspecified atom stereocenters. The average Bonchev–Trinajstić information content (AvgIpc) is 3.90. The van der Waals surface area contributed by atoms with Gasteiger partial charge >= 0.3 is 0 Å². The predicted molar refractivity (Wildman–Crippen MR) is 265 cm³/mol. The largest absolute Gasteiger partial charge is 0.310 e.